The first-order chi connectivity index (χ1) is 36.0. The lowest BCUT2D eigenvalue weighted by atomic mass is 10.0. The Morgan fingerprint density at radius 2 is 0.534 bits per heavy atom. The fraction of sp³-hybridized carbons (Fsp3) is 0.836. The van der Waals surface area contributed by atoms with Crippen molar-refractivity contribution in [2.24, 2.45) is 0 Å². The molecule has 0 bridgehead atoms. The molecule has 0 aromatic carbocycles. The number of carbonyl (C=O) groups excluding carboxylic acids is 3. The predicted molar refractivity (Wildman–Crippen MR) is 316 cm³/mol. The highest BCUT2D eigenvalue weighted by Gasteiger charge is 2.19. The molecule has 0 radical (unpaired) electrons. The zero-order chi connectivity index (χ0) is 52.9. The second-order valence-corrected chi connectivity index (χ2v) is 21.7. The van der Waals surface area contributed by atoms with E-state index in [1.807, 2.05) is 6.08 Å². The van der Waals surface area contributed by atoms with Crippen molar-refractivity contribution in [1.82, 2.24) is 0 Å². The maximum atomic E-state index is 12.9. The van der Waals surface area contributed by atoms with Gasteiger partial charge in [0.15, 0.2) is 6.10 Å². The maximum Gasteiger partial charge on any atom is 0.306 e. The Labute approximate surface area is 454 Å². The molecular weight excluding hydrogens is 901 g/mol. The summed E-state index contributed by atoms with van der Waals surface area (Å²) in [6, 6.07) is 0. The van der Waals surface area contributed by atoms with Gasteiger partial charge >= 0.3 is 17.9 Å². The molecule has 0 saturated carbocycles. The van der Waals surface area contributed by atoms with Crippen LogP contribution in [0.4, 0.5) is 0 Å². The van der Waals surface area contributed by atoms with Gasteiger partial charge in [0.25, 0.3) is 0 Å². The van der Waals surface area contributed by atoms with Gasteiger partial charge < -0.3 is 14.2 Å². The van der Waals surface area contributed by atoms with Crippen molar-refractivity contribution >= 4 is 17.9 Å². The van der Waals surface area contributed by atoms with Crippen molar-refractivity contribution in [3.8, 4) is 0 Å². The SMILES string of the molecule is CC/C=C\C/C=C\C/C=C\C/C=C\CCC(=O)OCC(COC(=O)CCCCCCCCCCCCCCCCCCCCCCC)OC(=O)CCCCCCCCCCCCCCCCCCCCCCC. The zero-order valence-electron chi connectivity index (χ0n) is 48.9. The molecule has 1 atom stereocenters. The molecule has 0 heterocycles. The first kappa shape index (κ1) is 70.4. The minimum absolute atomic E-state index is 0.0900. The Balaban J connectivity index is 4.31. The van der Waals surface area contributed by atoms with E-state index in [-0.39, 0.29) is 37.5 Å². The molecular formula is C67H122O6. The van der Waals surface area contributed by atoms with Crippen molar-refractivity contribution in [2.45, 2.75) is 348 Å². The summed E-state index contributed by atoms with van der Waals surface area (Å²) in [5, 5.41) is 0. The summed E-state index contributed by atoms with van der Waals surface area (Å²) in [7, 11) is 0. The van der Waals surface area contributed by atoms with Gasteiger partial charge in [0.2, 0.25) is 0 Å². The van der Waals surface area contributed by atoms with Crippen LogP contribution in [0.1, 0.15) is 342 Å². The summed E-state index contributed by atoms with van der Waals surface area (Å²) in [5.41, 5.74) is 0. The third-order valence-corrected chi connectivity index (χ3v) is 14.4. The first-order valence-electron chi connectivity index (χ1n) is 32.1. The summed E-state index contributed by atoms with van der Waals surface area (Å²) < 4.78 is 16.9. The topological polar surface area (TPSA) is 78.9 Å². The summed E-state index contributed by atoms with van der Waals surface area (Å²) in [6.45, 7) is 6.52. The molecule has 6 heteroatoms. The Morgan fingerprint density at radius 1 is 0.288 bits per heavy atom. The van der Waals surface area contributed by atoms with Crippen LogP contribution < -0.4 is 0 Å². The van der Waals surface area contributed by atoms with E-state index in [9.17, 15) is 14.4 Å². The summed E-state index contributed by atoms with van der Waals surface area (Å²) in [6.07, 6.45) is 77.2. The molecule has 0 N–H and O–H groups in total. The van der Waals surface area contributed by atoms with E-state index < -0.39 is 6.10 Å². The Bertz CT molecular complexity index is 1270. The lowest BCUT2D eigenvalue weighted by molar-refractivity contribution is -0.166. The van der Waals surface area contributed by atoms with Crippen LogP contribution in [0.15, 0.2) is 48.6 Å². The standard InChI is InChI=1S/C67H122O6/c1-4-7-10-13-16-19-22-25-27-29-31-33-35-37-39-42-45-48-51-54-57-60-66(69)72-63-64(62-71-65(68)59-56-53-50-47-44-41-24-21-18-15-12-9-6-3)73-67(70)61-58-55-52-49-46-43-40-38-36-34-32-30-28-26-23-20-17-14-11-8-5-2/h9,12,18,21,41,44,50,53,64H,4-8,10-11,13-17,19-20,22-40,42-43,45-49,51-52,54-63H2,1-3H3/b12-9-,21-18-,44-41-,53-50-. The first-order valence-corrected chi connectivity index (χ1v) is 32.1. The quantitative estimate of drug-likeness (QED) is 0.0261. The normalized spacial score (nSPS) is 12.3. The van der Waals surface area contributed by atoms with Crippen LogP contribution in [-0.4, -0.2) is 37.2 Å². The van der Waals surface area contributed by atoms with Crippen molar-refractivity contribution in [3.63, 3.8) is 0 Å². The smallest absolute Gasteiger partial charge is 0.306 e. The van der Waals surface area contributed by atoms with Gasteiger partial charge in [-0.15, -0.1) is 0 Å². The highest BCUT2D eigenvalue weighted by Crippen LogP contribution is 2.18. The second kappa shape index (κ2) is 61.9. The third kappa shape index (κ3) is 60.1. The summed E-state index contributed by atoms with van der Waals surface area (Å²) in [4.78, 5) is 38.2. The molecule has 0 fully saturated rings. The van der Waals surface area contributed by atoms with Crippen LogP contribution >= 0.6 is 0 Å². The highest BCUT2D eigenvalue weighted by atomic mass is 16.6. The van der Waals surface area contributed by atoms with E-state index in [0.29, 0.717) is 19.3 Å². The molecule has 73 heavy (non-hydrogen) atoms. The number of hydrogen-bond acceptors (Lipinski definition) is 6. The van der Waals surface area contributed by atoms with E-state index >= 15 is 0 Å². The fourth-order valence-electron chi connectivity index (χ4n) is 9.58. The van der Waals surface area contributed by atoms with Gasteiger partial charge in [-0.3, -0.25) is 14.4 Å². The van der Waals surface area contributed by atoms with Gasteiger partial charge in [-0.25, -0.2) is 0 Å². The molecule has 426 valence electrons. The van der Waals surface area contributed by atoms with E-state index in [4.69, 9.17) is 14.2 Å². The minimum atomic E-state index is -0.799. The molecule has 6 nitrogen and oxygen atoms in total. The van der Waals surface area contributed by atoms with Gasteiger partial charge in [0.1, 0.15) is 13.2 Å². The number of hydrogen-bond donors (Lipinski definition) is 0. The molecule has 0 aliphatic rings. The van der Waals surface area contributed by atoms with Gasteiger partial charge in [-0.1, -0.05) is 326 Å². The largest absolute Gasteiger partial charge is 0.462 e. The van der Waals surface area contributed by atoms with Crippen LogP contribution in [0.5, 0.6) is 0 Å². The van der Waals surface area contributed by atoms with E-state index in [2.05, 4.69) is 63.3 Å². The molecule has 0 aromatic rings. The number of esters is 3. The number of carbonyl (C=O) groups is 3. The van der Waals surface area contributed by atoms with E-state index in [1.54, 1.807) is 0 Å². The van der Waals surface area contributed by atoms with Gasteiger partial charge in [-0.05, 0) is 44.9 Å². The Morgan fingerprint density at radius 3 is 0.836 bits per heavy atom. The molecule has 0 amide bonds. The van der Waals surface area contributed by atoms with Crippen LogP contribution in [0.2, 0.25) is 0 Å². The predicted octanol–water partition coefficient (Wildman–Crippen LogP) is 21.8. The molecule has 0 saturated heterocycles. The van der Waals surface area contributed by atoms with Crippen LogP contribution in [0.3, 0.4) is 0 Å². The van der Waals surface area contributed by atoms with Crippen molar-refractivity contribution in [2.75, 3.05) is 13.2 Å². The lowest BCUT2D eigenvalue weighted by Gasteiger charge is -2.18. The Hall–Kier alpha value is -2.63. The van der Waals surface area contributed by atoms with Crippen LogP contribution in [0.25, 0.3) is 0 Å². The second-order valence-electron chi connectivity index (χ2n) is 21.7. The molecule has 1 unspecified atom stereocenters. The highest BCUT2D eigenvalue weighted by molar-refractivity contribution is 5.71. The average molecular weight is 1020 g/mol. The van der Waals surface area contributed by atoms with Crippen LogP contribution in [0, 0.1) is 0 Å². The van der Waals surface area contributed by atoms with Crippen molar-refractivity contribution in [3.05, 3.63) is 48.6 Å². The third-order valence-electron chi connectivity index (χ3n) is 14.4. The van der Waals surface area contributed by atoms with E-state index in [1.165, 1.54) is 231 Å². The number of allylic oxidation sites excluding steroid dienone is 8. The summed E-state index contributed by atoms with van der Waals surface area (Å²) >= 11 is 0. The zero-order valence-corrected chi connectivity index (χ0v) is 48.9. The molecule has 0 aromatic heterocycles. The molecule has 0 spiro atoms. The number of unbranched alkanes of at least 4 members (excludes halogenated alkanes) is 40. The number of ether oxygens (including phenoxy) is 3. The van der Waals surface area contributed by atoms with Gasteiger partial charge in [0.05, 0.1) is 0 Å². The maximum absolute atomic E-state index is 12.9. The van der Waals surface area contributed by atoms with Gasteiger partial charge in [-0.2, -0.15) is 0 Å². The number of rotatable bonds is 59. The Kier molecular flexibility index (Phi) is 59.7. The monoisotopic (exact) mass is 1020 g/mol. The van der Waals surface area contributed by atoms with Crippen molar-refractivity contribution in [1.29, 1.82) is 0 Å². The van der Waals surface area contributed by atoms with Crippen LogP contribution in [-0.2, 0) is 28.6 Å². The fourth-order valence-corrected chi connectivity index (χ4v) is 9.58. The minimum Gasteiger partial charge on any atom is -0.462 e. The van der Waals surface area contributed by atoms with E-state index in [0.717, 1.165) is 64.2 Å². The summed E-state index contributed by atoms with van der Waals surface area (Å²) in [5.74, 6) is -0.952. The van der Waals surface area contributed by atoms with Crippen molar-refractivity contribution < 1.29 is 28.6 Å². The lowest BCUT2D eigenvalue weighted by Crippen LogP contribution is -2.30. The molecule has 0 aliphatic heterocycles. The molecule has 0 aliphatic carbocycles. The van der Waals surface area contributed by atoms with Gasteiger partial charge in [0, 0.05) is 19.3 Å². The molecule has 0 rings (SSSR count). The average Bonchev–Trinajstić information content (AvgIpc) is 3.39.